The van der Waals surface area contributed by atoms with Crippen molar-refractivity contribution in [1.82, 2.24) is 0 Å². The molecule has 0 saturated carbocycles. The van der Waals surface area contributed by atoms with Gasteiger partial charge in [-0.2, -0.15) is 13.2 Å². The van der Waals surface area contributed by atoms with E-state index in [1.807, 2.05) is 0 Å². The van der Waals surface area contributed by atoms with Crippen LogP contribution in [0.2, 0.25) is 0 Å². The van der Waals surface area contributed by atoms with Gasteiger partial charge in [0, 0.05) is 0 Å². The molecule has 0 aromatic rings. The van der Waals surface area contributed by atoms with Crippen molar-refractivity contribution in [3.63, 3.8) is 0 Å². The molecule has 2 N–H and O–H groups in total. The van der Waals surface area contributed by atoms with E-state index in [0.29, 0.717) is 6.92 Å². The molecule has 68 valence electrons. The standard InChI is InChI=1S/C6H11F3O2/c1-3-4(10)5(2,11)6(7,8)9/h4,10-11H,3H2,1-2H3. The van der Waals surface area contributed by atoms with Crippen LogP contribution in [-0.2, 0) is 0 Å². The van der Waals surface area contributed by atoms with Crippen molar-refractivity contribution in [2.24, 2.45) is 0 Å². The summed E-state index contributed by atoms with van der Waals surface area (Å²) in [6, 6.07) is 0. The second-order valence-corrected chi connectivity index (χ2v) is 2.57. The van der Waals surface area contributed by atoms with Crippen LogP contribution in [0.15, 0.2) is 0 Å². The second-order valence-electron chi connectivity index (χ2n) is 2.57. The molecule has 2 nitrogen and oxygen atoms in total. The van der Waals surface area contributed by atoms with Crippen LogP contribution in [-0.4, -0.2) is 28.1 Å². The van der Waals surface area contributed by atoms with E-state index in [0.717, 1.165) is 0 Å². The highest BCUT2D eigenvalue weighted by Crippen LogP contribution is 2.33. The molecule has 0 rings (SSSR count). The molecule has 0 fully saturated rings. The maximum Gasteiger partial charge on any atom is 0.419 e. The average Bonchev–Trinajstić information content (AvgIpc) is 1.83. The predicted molar refractivity (Wildman–Crippen MR) is 33.0 cm³/mol. The molecule has 0 spiro atoms. The maximum atomic E-state index is 11.9. The van der Waals surface area contributed by atoms with E-state index >= 15 is 0 Å². The summed E-state index contributed by atoms with van der Waals surface area (Å²) in [5.41, 5.74) is -3.00. The Kier molecular flexibility index (Phi) is 2.91. The Balaban J connectivity index is 4.45. The molecule has 0 aliphatic rings. The van der Waals surface area contributed by atoms with Gasteiger partial charge >= 0.3 is 6.18 Å². The normalized spacial score (nSPS) is 21.0. The molecule has 0 radical (unpaired) electrons. The highest BCUT2D eigenvalue weighted by molar-refractivity contribution is 4.87. The molecule has 0 bridgehead atoms. The summed E-state index contributed by atoms with van der Waals surface area (Å²) in [4.78, 5) is 0. The summed E-state index contributed by atoms with van der Waals surface area (Å²) in [5, 5.41) is 17.5. The quantitative estimate of drug-likeness (QED) is 0.654. The summed E-state index contributed by atoms with van der Waals surface area (Å²) in [6.45, 7) is 1.92. The SMILES string of the molecule is CCC(O)C(C)(O)C(F)(F)F. The number of hydrogen-bond donors (Lipinski definition) is 2. The van der Waals surface area contributed by atoms with Crippen molar-refractivity contribution in [3.8, 4) is 0 Å². The van der Waals surface area contributed by atoms with Crippen molar-refractivity contribution < 1.29 is 23.4 Å². The zero-order valence-corrected chi connectivity index (χ0v) is 6.31. The van der Waals surface area contributed by atoms with Gasteiger partial charge in [-0.1, -0.05) is 6.92 Å². The Morgan fingerprint density at radius 2 is 1.73 bits per heavy atom. The molecule has 2 atom stereocenters. The van der Waals surface area contributed by atoms with E-state index in [1.54, 1.807) is 0 Å². The van der Waals surface area contributed by atoms with Gasteiger partial charge in [-0.25, -0.2) is 0 Å². The first-order valence-corrected chi connectivity index (χ1v) is 3.20. The minimum Gasteiger partial charge on any atom is -0.390 e. The van der Waals surface area contributed by atoms with Gasteiger partial charge in [0.15, 0.2) is 5.60 Å². The molecule has 5 heteroatoms. The highest BCUT2D eigenvalue weighted by Gasteiger charge is 2.53. The Bertz CT molecular complexity index is 130. The number of alkyl halides is 3. The van der Waals surface area contributed by atoms with Crippen molar-refractivity contribution in [2.45, 2.75) is 38.1 Å². The molecule has 0 aromatic heterocycles. The van der Waals surface area contributed by atoms with Crippen LogP contribution < -0.4 is 0 Å². The smallest absolute Gasteiger partial charge is 0.390 e. The van der Waals surface area contributed by atoms with E-state index in [1.165, 1.54) is 6.92 Å². The fraction of sp³-hybridized carbons (Fsp3) is 1.00. The van der Waals surface area contributed by atoms with Crippen molar-refractivity contribution >= 4 is 0 Å². The molecule has 0 amide bonds. The number of aliphatic hydroxyl groups is 2. The summed E-state index contributed by atoms with van der Waals surface area (Å²) in [5.74, 6) is 0. The summed E-state index contributed by atoms with van der Waals surface area (Å²) in [7, 11) is 0. The van der Waals surface area contributed by atoms with Crippen LogP contribution in [0.3, 0.4) is 0 Å². The van der Waals surface area contributed by atoms with Gasteiger partial charge in [0.25, 0.3) is 0 Å². The topological polar surface area (TPSA) is 40.5 Å². The fourth-order valence-corrected chi connectivity index (χ4v) is 0.586. The van der Waals surface area contributed by atoms with Gasteiger partial charge in [0.05, 0.1) is 6.10 Å². The van der Waals surface area contributed by atoms with Crippen LogP contribution in [0, 0.1) is 0 Å². The maximum absolute atomic E-state index is 11.9. The lowest BCUT2D eigenvalue weighted by Gasteiger charge is -2.30. The number of rotatable bonds is 2. The average molecular weight is 172 g/mol. The largest absolute Gasteiger partial charge is 0.419 e. The predicted octanol–water partition coefficient (Wildman–Crippen LogP) is 1.07. The van der Waals surface area contributed by atoms with Crippen LogP contribution in [0.4, 0.5) is 13.2 Å². The first kappa shape index (κ1) is 10.7. The van der Waals surface area contributed by atoms with Gasteiger partial charge in [0.2, 0.25) is 0 Å². The van der Waals surface area contributed by atoms with Crippen LogP contribution in [0.25, 0.3) is 0 Å². The van der Waals surface area contributed by atoms with Crippen LogP contribution >= 0.6 is 0 Å². The van der Waals surface area contributed by atoms with Gasteiger partial charge in [0.1, 0.15) is 0 Å². The first-order valence-electron chi connectivity index (χ1n) is 3.20. The van der Waals surface area contributed by atoms with Crippen molar-refractivity contribution in [3.05, 3.63) is 0 Å². The molecule has 0 saturated heterocycles. The van der Waals surface area contributed by atoms with Gasteiger partial charge in [-0.15, -0.1) is 0 Å². The van der Waals surface area contributed by atoms with E-state index in [-0.39, 0.29) is 6.42 Å². The Morgan fingerprint density at radius 3 is 1.82 bits per heavy atom. The number of aliphatic hydroxyl groups excluding tert-OH is 1. The minimum atomic E-state index is -4.78. The number of hydrogen-bond acceptors (Lipinski definition) is 2. The first-order chi connectivity index (χ1) is 4.73. The third kappa shape index (κ3) is 2.07. The molecule has 0 aromatic carbocycles. The summed E-state index contributed by atoms with van der Waals surface area (Å²) in [6.07, 6.45) is -6.67. The number of halogens is 3. The molecule has 0 heterocycles. The third-order valence-corrected chi connectivity index (χ3v) is 1.61. The van der Waals surface area contributed by atoms with Gasteiger partial charge < -0.3 is 10.2 Å². The van der Waals surface area contributed by atoms with E-state index in [9.17, 15) is 13.2 Å². The van der Waals surface area contributed by atoms with E-state index in [4.69, 9.17) is 10.2 Å². The van der Waals surface area contributed by atoms with Gasteiger partial charge in [-0.3, -0.25) is 0 Å². The zero-order valence-electron chi connectivity index (χ0n) is 6.31. The Hall–Kier alpha value is -0.290. The van der Waals surface area contributed by atoms with Crippen LogP contribution in [0.5, 0.6) is 0 Å². The van der Waals surface area contributed by atoms with Crippen molar-refractivity contribution in [1.29, 1.82) is 0 Å². The lowest BCUT2D eigenvalue weighted by molar-refractivity contribution is -0.282. The van der Waals surface area contributed by atoms with Crippen LogP contribution in [0.1, 0.15) is 20.3 Å². The molecule has 2 unspecified atom stereocenters. The third-order valence-electron chi connectivity index (χ3n) is 1.61. The summed E-state index contributed by atoms with van der Waals surface area (Å²) < 4.78 is 35.6. The monoisotopic (exact) mass is 172 g/mol. The molecule has 0 aliphatic heterocycles. The molecular weight excluding hydrogens is 161 g/mol. The molecule has 11 heavy (non-hydrogen) atoms. The van der Waals surface area contributed by atoms with E-state index in [2.05, 4.69) is 0 Å². The summed E-state index contributed by atoms with van der Waals surface area (Å²) >= 11 is 0. The van der Waals surface area contributed by atoms with E-state index < -0.39 is 17.9 Å². The Morgan fingerprint density at radius 1 is 1.36 bits per heavy atom. The second kappa shape index (κ2) is 2.98. The lowest BCUT2D eigenvalue weighted by atomic mass is 9.97. The zero-order chi connectivity index (χ0) is 9.28. The van der Waals surface area contributed by atoms with Gasteiger partial charge in [-0.05, 0) is 13.3 Å². The highest BCUT2D eigenvalue weighted by atomic mass is 19.4. The lowest BCUT2D eigenvalue weighted by Crippen LogP contribution is -2.51. The van der Waals surface area contributed by atoms with Crippen molar-refractivity contribution in [2.75, 3.05) is 0 Å². The molecular formula is C6H11F3O2. The minimum absolute atomic E-state index is 0.132. The molecule has 0 aliphatic carbocycles. The fourth-order valence-electron chi connectivity index (χ4n) is 0.586. The Labute approximate surface area is 62.6 Å².